The van der Waals surface area contributed by atoms with Crippen LogP contribution in [-0.4, -0.2) is 24.4 Å². The number of hydrogen-bond acceptors (Lipinski definition) is 2. The number of benzene rings is 1. The number of amides is 1. The minimum absolute atomic E-state index is 0.0407. The Hall–Kier alpha value is -1.49. The van der Waals surface area contributed by atoms with E-state index < -0.39 is 23.2 Å². The van der Waals surface area contributed by atoms with Crippen LogP contribution in [-0.2, 0) is 10.2 Å². The van der Waals surface area contributed by atoms with Crippen molar-refractivity contribution in [3.63, 3.8) is 0 Å². The highest BCUT2D eigenvalue weighted by Crippen LogP contribution is 2.69. The lowest BCUT2D eigenvalue weighted by molar-refractivity contribution is -0.232. The summed E-state index contributed by atoms with van der Waals surface area (Å²) in [7, 11) is 0. The summed E-state index contributed by atoms with van der Waals surface area (Å²) in [5.74, 6) is -3.39. The summed E-state index contributed by atoms with van der Waals surface area (Å²) in [6, 6.07) is 10.3. The van der Waals surface area contributed by atoms with Crippen molar-refractivity contribution in [2.24, 2.45) is 28.9 Å². The Bertz CT molecular complexity index is 754. The number of carbonyl (C=O) groups excluding carboxylic acids is 1. The van der Waals surface area contributed by atoms with Gasteiger partial charge in [0.25, 0.3) is 5.92 Å². The van der Waals surface area contributed by atoms with Crippen LogP contribution in [0, 0.1) is 23.2 Å². The molecule has 158 valence electrons. The van der Waals surface area contributed by atoms with Crippen molar-refractivity contribution in [1.82, 2.24) is 5.32 Å². The molecule has 6 rings (SSSR count). The summed E-state index contributed by atoms with van der Waals surface area (Å²) in [5.41, 5.74) is 6.03. The van der Waals surface area contributed by atoms with Gasteiger partial charge in [0.05, 0.1) is 5.41 Å². The first-order chi connectivity index (χ1) is 13.9. The highest BCUT2D eigenvalue weighted by molar-refractivity contribution is 5.84. The summed E-state index contributed by atoms with van der Waals surface area (Å²) in [5, 5.41) is 3.29. The van der Waals surface area contributed by atoms with Crippen molar-refractivity contribution in [1.29, 1.82) is 0 Å². The topological polar surface area (TPSA) is 55.1 Å². The van der Waals surface area contributed by atoms with E-state index in [1.54, 1.807) is 0 Å². The van der Waals surface area contributed by atoms with E-state index in [1.807, 2.05) is 18.2 Å². The third-order valence-electron chi connectivity index (χ3n) is 8.70. The van der Waals surface area contributed by atoms with Gasteiger partial charge in [0.15, 0.2) is 0 Å². The molecule has 0 heterocycles. The fourth-order valence-electron chi connectivity index (χ4n) is 7.29. The molecule has 0 spiro atoms. The van der Waals surface area contributed by atoms with Crippen molar-refractivity contribution in [3.05, 3.63) is 35.9 Å². The van der Waals surface area contributed by atoms with Crippen LogP contribution in [0.15, 0.2) is 30.3 Å². The monoisotopic (exact) mass is 402 g/mol. The second-order valence-electron chi connectivity index (χ2n) is 10.4. The molecule has 1 aromatic rings. The maximum absolute atomic E-state index is 15.0. The largest absolute Gasteiger partial charge is 0.353 e. The molecule has 3 nitrogen and oxygen atoms in total. The van der Waals surface area contributed by atoms with Gasteiger partial charge in [0.1, 0.15) is 0 Å². The van der Waals surface area contributed by atoms with Gasteiger partial charge in [-0.15, -0.1) is 0 Å². The van der Waals surface area contributed by atoms with E-state index in [2.05, 4.69) is 17.4 Å². The lowest BCUT2D eigenvalue weighted by atomic mass is 9.41. The molecule has 0 radical (unpaired) electrons. The lowest BCUT2D eigenvalue weighted by Gasteiger charge is -2.64. The Labute approximate surface area is 171 Å². The van der Waals surface area contributed by atoms with E-state index >= 15 is 8.78 Å². The maximum atomic E-state index is 15.0. The Kier molecular flexibility index (Phi) is 4.54. The molecule has 0 aliphatic heterocycles. The van der Waals surface area contributed by atoms with Gasteiger partial charge in [-0.25, -0.2) is 8.78 Å². The van der Waals surface area contributed by atoms with E-state index in [1.165, 1.54) is 0 Å². The quantitative estimate of drug-likeness (QED) is 0.784. The zero-order valence-corrected chi connectivity index (χ0v) is 17.0. The third kappa shape index (κ3) is 3.03. The zero-order chi connectivity index (χ0) is 20.3. The molecule has 2 unspecified atom stereocenters. The van der Waals surface area contributed by atoms with Crippen LogP contribution < -0.4 is 11.1 Å². The molecule has 1 aromatic carbocycles. The Morgan fingerprint density at radius 2 is 1.62 bits per heavy atom. The highest BCUT2D eigenvalue weighted by Gasteiger charge is 2.70. The van der Waals surface area contributed by atoms with Crippen molar-refractivity contribution < 1.29 is 13.6 Å². The highest BCUT2D eigenvalue weighted by atomic mass is 19.3. The van der Waals surface area contributed by atoms with E-state index in [9.17, 15) is 4.79 Å². The number of carbonyl (C=O) groups is 1. The van der Waals surface area contributed by atoms with Crippen LogP contribution in [0.25, 0.3) is 0 Å². The van der Waals surface area contributed by atoms with Crippen molar-refractivity contribution in [2.45, 2.75) is 75.2 Å². The molecule has 5 aliphatic rings. The first-order valence-electron chi connectivity index (χ1n) is 11.3. The lowest BCUT2D eigenvalue weighted by Crippen LogP contribution is -2.66. The summed E-state index contributed by atoms with van der Waals surface area (Å²) in [6.45, 7) is 0.711. The summed E-state index contributed by atoms with van der Waals surface area (Å²) in [4.78, 5) is 13.5. The number of halogens is 2. The predicted octanol–water partition coefficient (Wildman–Crippen LogP) is 4.40. The van der Waals surface area contributed by atoms with E-state index in [4.69, 9.17) is 5.73 Å². The van der Waals surface area contributed by atoms with Crippen LogP contribution in [0.5, 0.6) is 0 Å². The summed E-state index contributed by atoms with van der Waals surface area (Å²) < 4.78 is 30.0. The minimum atomic E-state index is -2.64. The van der Waals surface area contributed by atoms with Crippen molar-refractivity contribution in [2.75, 3.05) is 6.54 Å². The average molecular weight is 403 g/mol. The smallest absolute Gasteiger partial charge is 0.253 e. The third-order valence-corrected chi connectivity index (χ3v) is 8.70. The van der Waals surface area contributed by atoms with Gasteiger partial charge in [-0.1, -0.05) is 30.3 Å². The minimum Gasteiger partial charge on any atom is -0.353 e. The van der Waals surface area contributed by atoms with Gasteiger partial charge in [0, 0.05) is 17.9 Å². The van der Waals surface area contributed by atoms with Crippen LogP contribution in [0.4, 0.5) is 8.78 Å². The average Bonchev–Trinajstić information content (AvgIpc) is 2.73. The van der Waals surface area contributed by atoms with Gasteiger partial charge < -0.3 is 11.1 Å². The number of nitrogens with one attached hydrogen (secondary N) is 1. The first kappa shape index (κ1) is 19.5. The van der Waals surface area contributed by atoms with Gasteiger partial charge in [-0.2, -0.15) is 0 Å². The molecule has 5 aliphatic carbocycles. The molecule has 29 heavy (non-hydrogen) atoms. The molecule has 1 amide bonds. The Morgan fingerprint density at radius 3 is 2.21 bits per heavy atom. The maximum Gasteiger partial charge on any atom is 0.253 e. The van der Waals surface area contributed by atoms with Crippen LogP contribution in [0.1, 0.15) is 63.4 Å². The SMILES string of the molecule is NCC1CCC(NC(=O)C23CC4CC(c5ccccc5)(CC(C2)C4(F)F)C3)CC1. The van der Waals surface area contributed by atoms with Gasteiger partial charge >= 0.3 is 0 Å². The van der Waals surface area contributed by atoms with Crippen LogP contribution in [0.2, 0.25) is 0 Å². The number of alkyl halides is 2. The molecular weight excluding hydrogens is 370 g/mol. The van der Waals surface area contributed by atoms with Crippen LogP contribution >= 0.6 is 0 Å². The fraction of sp³-hybridized carbons (Fsp3) is 0.708. The van der Waals surface area contributed by atoms with E-state index in [-0.39, 0.29) is 17.4 Å². The summed E-state index contributed by atoms with van der Waals surface area (Å²) >= 11 is 0. The van der Waals surface area contributed by atoms with Gasteiger partial charge in [0.2, 0.25) is 5.91 Å². The second kappa shape index (κ2) is 6.76. The normalized spacial score (nSPS) is 42.6. The summed E-state index contributed by atoms with van der Waals surface area (Å²) in [6.07, 6.45) is 6.43. The molecular formula is C24H32F2N2O. The molecule has 4 bridgehead atoms. The molecule has 2 atom stereocenters. The number of nitrogens with two attached hydrogens (primary N) is 1. The second-order valence-corrected chi connectivity index (χ2v) is 10.4. The Balaban J connectivity index is 1.41. The molecule has 0 saturated heterocycles. The standard InChI is InChI=1S/C24H32F2N2O/c25-24(26)18-10-22(17-4-2-1-3-5-17)11-19(24)13-23(12-18,15-22)21(29)28-20-8-6-16(14-27)7-9-20/h1-5,16,18-20H,6-15,27H2,(H,28,29). The van der Waals surface area contributed by atoms with E-state index in [0.29, 0.717) is 38.1 Å². The van der Waals surface area contributed by atoms with Crippen molar-refractivity contribution in [3.8, 4) is 0 Å². The molecule has 5 fully saturated rings. The first-order valence-corrected chi connectivity index (χ1v) is 11.3. The molecule has 0 aromatic heterocycles. The molecule has 3 N–H and O–H groups in total. The number of rotatable bonds is 4. The number of hydrogen-bond donors (Lipinski definition) is 2. The zero-order valence-electron chi connectivity index (χ0n) is 17.0. The molecule has 5 heteroatoms. The van der Waals surface area contributed by atoms with E-state index in [0.717, 1.165) is 37.7 Å². The molecule has 5 saturated carbocycles. The predicted molar refractivity (Wildman–Crippen MR) is 109 cm³/mol. The van der Waals surface area contributed by atoms with Gasteiger partial charge in [-0.05, 0) is 81.2 Å². The van der Waals surface area contributed by atoms with Crippen LogP contribution in [0.3, 0.4) is 0 Å². The van der Waals surface area contributed by atoms with Gasteiger partial charge in [-0.3, -0.25) is 4.79 Å². The van der Waals surface area contributed by atoms with Crippen molar-refractivity contribution >= 4 is 5.91 Å². The fourth-order valence-corrected chi connectivity index (χ4v) is 7.29. The Morgan fingerprint density at radius 1 is 1.00 bits per heavy atom.